The summed E-state index contributed by atoms with van der Waals surface area (Å²) < 4.78 is 0. The summed E-state index contributed by atoms with van der Waals surface area (Å²) in [6.07, 6.45) is 1.08. The number of hydrogen-bond acceptors (Lipinski definition) is 3. The van der Waals surface area contributed by atoms with Crippen LogP contribution < -0.4 is 5.32 Å². The Hall–Kier alpha value is -1.59. The molecular weight excluding hydrogens is 248 g/mol. The first kappa shape index (κ1) is 15.5. The number of carboxylic acid groups (broad SMARTS) is 1. The number of nitrogens with zero attached hydrogens (tertiary/aromatic N) is 1. The highest BCUT2D eigenvalue weighted by atomic mass is 16.4. The molecule has 1 saturated carbocycles. The molecule has 2 N–H and O–H groups in total. The van der Waals surface area contributed by atoms with Crippen molar-refractivity contribution in [1.29, 1.82) is 0 Å². The van der Waals surface area contributed by atoms with Crippen LogP contribution in [0.3, 0.4) is 0 Å². The lowest BCUT2D eigenvalue weighted by Crippen LogP contribution is -2.47. The molecule has 0 heterocycles. The Balaban J connectivity index is 2.67. The fourth-order valence-electron chi connectivity index (χ4n) is 2.62. The van der Waals surface area contributed by atoms with E-state index in [0.717, 1.165) is 0 Å². The van der Waals surface area contributed by atoms with E-state index in [1.807, 2.05) is 6.92 Å². The van der Waals surface area contributed by atoms with E-state index in [1.165, 1.54) is 4.90 Å². The standard InChI is InChI=1S/C13H22N2O4/c1-7-5-9(10(6-7)13(18)19)11(16)14-8(2)12(17)15(3)4/h7-10H,5-6H2,1-4H3,(H,14,16)(H,18,19)/t7?,8?,9-,10+/m0/s1. The summed E-state index contributed by atoms with van der Waals surface area (Å²) in [7, 11) is 3.23. The first-order valence-corrected chi connectivity index (χ1v) is 6.48. The number of amides is 2. The Morgan fingerprint density at radius 3 is 2.21 bits per heavy atom. The zero-order valence-electron chi connectivity index (χ0n) is 11.8. The highest BCUT2D eigenvalue weighted by molar-refractivity contribution is 5.90. The third-order valence-corrected chi connectivity index (χ3v) is 3.62. The van der Waals surface area contributed by atoms with Crippen LogP contribution in [0.4, 0.5) is 0 Å². The van der Waals surface area contributed by atoms with Crippen molar-refractivity contribution in [1.82, 2.24) is 10.2 Å². The number of nitrogens with one attached hydrogen (secondary N) is 1. The third kappa shape index (κ3) is 3.68. The van der Waals surface area contributed by atoms with Gasteiger partial charge in [-0.05, 0) is 25.7 Å². The average Bonchev–Trinajstić information content (AvgIpc) is 2.70. The quantitative estimate of drug-likeness (QED) is 0.770. The maximum atomic E-state index is 12.1. The summed E-state index contributed by atoms with van der Waals surface area (Å²) in [5.41, 5.74) is 0. The molecule has 0 aromatic heterocycles. The van der Waals surface area contributed by atoms with Crippen LogP contribution in [-0.2, 0) is 14.4 Å². The highest BCUT2D eigenvalue weighted by Gasteiger charge is 2.41. The lowest BCUT2D eigenvalue weighted by Gasteiger charge is -2.21. The molecule has 1 rings (SSSR count). The monoisotopic (exact) mass is 270 g/mol. The van der Waals surface area contributed by atoms with Gasteiger partial charge in [0.1, 0.15) is 6.04 Å². The third-order valence-electron chi connectivity index (χ3n) is 3.62. The van der Waals surface area contributed by atoms with Crippen LogP contribution in [0.15, 0.2) is 0 Å². The van der Waals surface area contributed by atoms with Crippen molar-refractivity contribution in [3.8, 4) is 0 Å². The van der Waals surface area contributed by atoms with Crippen molar-refractivity contribution >= 4 is 17.8 Å². The van der Waals surface area contributed by atoms with Gasteiger partial charge < -0.3 is 15.3 Å². The zero-order valence-corrected chi connectivity index (χ0v) is 11.8. The number of carbonyl (C=O) groups is 3. The van der Waals surface area contributed by atoms with Gasteiger partial charge in [0.15, 0.2) is 0 Å². The van der Waals surface area contributed by atoms with Crippen molar-refractivity contribution < 1.29 is 19.5 Å². The molecule has 0 radical (unpaired) electrons. The number of carbonyl (C=O) groups excluding carboxylic acids is 2. The van der Waals surface area contributed by atoms with Gasteiger partial charge >= 0.3 is 5.97 Å². The van der Waals surface area contributed by atoms with Gasteiger partial charge in [0.2, 0.25) is 11.8 Å². The van der Waals surface area contributed by atoms with Crippen LogP contribution in [0, 0.1) is 17.8 Å². The van der Waals surface area contributed by atoms with E-state index < -0.39 is 23.8 Å². The van der Waals surface area contributed by atoms with Gasteiger partial charge in [0, 0.05) is 14.1 Å². The molecule has 0 bridgehead atoms. The first-order chi connectivity index (χ1) is 8.73. The second-order valence-corrected chi connectivity index (χ2v) is 5.59. The molecule has 4 atom stereocenters. The molecule has 19 heavy (non-hydrogen) atoms. The fourth-order valence-corrected chi connectivity index (χ4v) is 2.62. The maximum absolute atomic E-state index is 12.1. The normalized spacial score (nSPS) is 27.7. The molecule has 1 aliphatic carbocycles. The largest absolute Gasteiger partial charge is 0.481 e. The molecule has 0 spiro atoms. The van der Waals surface area contributed by atoms with E-state index in [0.29, 0.717) is 12.8 Å². The van der Waals surface area contributed by atoms with Gasteiger partial charge in [-0.2, -0.15) is 0 Å². The summed E-state index contributed by atoms with van der Waals surface area (Å²) in [6, 6.07) is -0.632. The number of carboxylic acids is 1. The Morgan fingerprint density at radius 2 is 1.74 bits per heavy atom. The van der Waals surface area contributed by atoms with Crippen LogP contribution >= 0.6 is 0 Å². The molecule has 6 heteroatoms. The summed E-state index contributed by atoms with van der Waals surface area (Å²) in [4.78, 5) is 36.3. The van der Waals surface area contributed by atoms with Gasteiger partial charge in [-0.15, -0.1) is 0 Å². The molecule has 0 aromatic rings. The second kappa shape index (κ2) is 6.04. The number of rotatable bonds is 4. The van der Waals surface area contributed by atoms with Gasteiger partial charge in [0.05, 0.1) is 11.8 Å². The molecule has 0 saturated heterocycles. The van der Waals surface area contributed by atoms with Crippen LogP contribution in [0.2, 0.25) is 0 Å². The summed E-state index contributed by atoms with van der Waals surface area (Å²) in [5, 5.41) is 11.7. The average molecular weight is 270 g/mol. The summed E-state index contributed by atoms with van der Waals surface area (Å²) >= 11 is 0. The minimum atomic E-state index is -0.934. The van der Waals surface area contributed by atoms with Gasteiger partial charge in [-0.3, -0.25) is 14.4 Å². The van der Waals surface area contributed by atoms with Crippen LogP contribution in [-0.4, -0.2) is 47.9 Å². The minimum Gasteiger partial charge on any atom is -0.481 e. The predicted octanol–water partition coefficient (Wildman–Crippen LogP) is 0.326. The molecule has 0 aliphatic heterocycles. The molecule has 1 fully saturated rings. The SMILES string of the molecule is CC1C[C@H](C(=O)NC(C)C(=O)N(C)C)[C@H](C(=O)O)C1. The van der Waals surface area contributed by atoms with Crippen molar-refractivity contribution in [3.63, 3.8) is 0 Å². The molecule has 108 valence electrons. The lowest BCUT2D eigenvalue weighted by molar-refractivity contribution is -0.146. The predicted molar refractivity (Wildman–Crippen MR) is 69.3 cm³/mol. The van der Waals surface area contributed by atoms with Gasteiger partial charge in [-0.25, -0.2) is 0 Å². The van der Waals surface area contributed by atoms with Crippen molar-refractivity contribution in [2.45, 2.75) is 32.7 Å². The second-order valence-electron chi connectivity index (χ2n) is 5.59. The van der Waals surface area contributed by atoms with Crippen LogP contribution in [0.5, 0.6) is 0 Å². The number of likely N-dealkylation sites (N-methyl/N-ethyl adjacent to an activating group) is 1. The van der Waals surface area contributed by atoms with Gasteiger partial charge in [0.25, 0.3) is 0 Å². The maximum Gasteiger partial charge on any atom is 0.307 e. The molecule has 0 aromatic carbocycles. The van der Waals surface area contributed by atoms with Crippen molar-refractivity contribution in [3.05, 3.63) is 0 Å². The molecule has 2 unspecified atom stereocenters. The Kier molecular flexibility index (Phi) is 4.91. The Bertz CT molecular complexity index is 381. The zero-order chi connectivity index (χ0) is 14.7. The van der Waals surface area contributed by atoms with Crippen molar-refractivity contribution in [2.75, 3.05) is 14.1 Å². The number of aliphatic carboxylic acids is 1. The summed E-state index contributed by atoms with van der Waals surface area (Å²) in [5.74, 6) is -2.43. The van der Waals surface area contributed by atoms with E-state index in [2.05, 4.69) is 5.32 Å². The van der Waals surface area contributed by atoms with E-state index in [1.54, 1.807) is 21.0 Å². The lowest BCUT2D eigenvalue weighted by atomic mass is 9.95. The topological polar surface area (TPSA) is 86.7 Å². The smallest absolute Gasteiger partial charge is 0.307 e. The fraction of sp³-hybridized carbons (Fsp3) is 0.769. The van der Waals surface area contributed by atoms with Gasteiger partial charge in [-0.1, -0.05) is 6.92 Å². The molecule has 1 aliphatic rings. The van der Waals surface area contributed by atoms with E-state index in [9.17, 15) is 14.4 Å². The van der Waals surface area contributed by atoms with E-state index in [-0.39, 0.29) is 17.7 Å². The molecule has 6 nitrogen and oxygen atoms in total. The van der Waals surface area contributed by atoms with Crippen molar-refractivity contribution in [2.24, 2.45) is 17.8 Å². The Morgan fingerprint density at radius 1 is 1.21 bits per heavy atom. The highest BCUT2D eigenvalue weighted by Crippen LogP contribution is 2.36. The van der Waals surface area contributed by atoms with E-state index in [4.69, 9.17) is 5.11 Å². The van der Waals surface area contributed by atoms with E-state index >= 15 is 0 Å². The molecular formula is C13H22N2O4. The van der Waals surface area contributed by atoms with Crippen LogP contribution in [0.25, 0.3) is 0 Å². The first-order valence-electron chi connectivity index (χ1n) is 6.48. The molecule has 2 amide bonds. The summed E-state index contributed by atoms with van der Waals surface area (Å²) in [6.45, 7) is 3.55. The Labute approximate surface area is 113 Å². The minimum absolute atomic E-state index is 0.203. The number of hydrogen-bond donors (Lipinski definition) is 2. The van der Waals surface area contributed by atoms with Crippen LogP contribution in [0.1, 0.15) is 26.7 Å².